The predicted molar refractivity (Wildman–Crippen MR) is 33.6 cm³/mol. The van der Waals surface area contributed by atoms with Crippen molar-refractivity contribution in [1.82, 2.24) is 0 Å². The molecule has 0 aromatic carbocycles. The van der Waals surface area contributed by atoms with E-state index in [1.807, 2.05) is 11.8 Å². The third-order valence-corrected chi connectivity index (χ3v) is 1.40. The zero-order valence-electron chi connectivity index (χ0n) is 4.53. The molecule has 32 valence electrons. The fourth-order valence-electron chi connectivity index (χ4n) is 0.289. The summed E-state index contributed by atoms with van der Waals surface area (Å²) in [4.78, 5) is 0. The molecule has 0 nitrogen and oxygen atoms in total. The van der Waals surface area contributed by atoms with Crippen LogP contribution in [0.25, 0.3) is 0 Å². The van der Waals surface area contributed by atoms with Gasteiger partial charge in [0.15, 0.2) is 0 Å². The molecule has 0 unspecified atom stereocenters. The van der Waals surface area contributed by atoms with Crippen molar-refractivity contribution in [3.63, 3.8) is 0 Å². The van der Waals surface area contributed by atoms with Gasteiger partial charge in [-0.05, 0) is 0 Å². The van der Waals surface area contributed by atoms with Crippen LogP contribution in [0.1, 0.15) is 6.42 Å². The average Bonchev–Trinajstić information content (AvgIpc) is 1.61. The molecule has 0 rings (SSSR count). The van der Waals surface area contributed by atoms with E-state index in [9.17, 15) is 0 Å². The van der Waals surface area contributed by atoms with Gasteiger partial charge in [0.1, 0.15) is 0 Å². The zero-order valence-corrected chi connectivity index (χ0v) is 5.35. The first kappa shape index (κ1) is 6.95. The van der Waals surface area contributed by atoms with Gasteiger partial charge in [0, 0.05) is 0 Å². The van der Waals surface area contributed by atoms with Crippen molar-refractivity contribution in [3.05, 3.63) is 0 Å². The standard InChI is InChI=1S/C4H9S.Li/c1-3-4-5-2;/h1,3-4H2,2H3;. The summed E-state index contributed by atoms with van der Waals surface area (Å²) in [5.74, 6) is 1.33. The second kappa shape index (κ2) is 5.95. The first-order valence-electron chi connectivity index (χ1n) is 2.40. The monoisotopic (exact) mass is 96.1 g/mol. The molecule has 0 saturated heterocycles. The molecule has 0 fully saturated rings. The second-order valence-corrected chi connectivity index (χ2v) is 2.33. The molecule has 0 aromatic rings. The third-order valence-electron chi connectivity index (χ3n) is 0.702. The van der Waals surface area contributed by atoms with Crippen molar-refractivity contribution in [2.45, 2.75) is 11.5 Å². The van der Waals surface area contributed by atoms with Crippen LogP contribution in [0.3, 0.4) is 0 Å². The van der Waals surface area contributed by atoms with Crippen LogP contribution in [0, 0.1) is 0 Å². The van der Waals surface area contributed by atoms with Crippen molar-refractivity contribution >= 4 is 29.5 Å². The van der Waals surface area contributed by atoms with E-state index < -0.39 is 0 Å². The van der Waals surface area contributed by atoms with Gasteiger partial charge in [-0.1, -0.05) is 0 Å². The van der Waals surface area contributed by atoms with Gasteiger partial charge in [0.2, 0.25) is 0 Å². The van der Waals surface area contributed by atoms with E-state index in [-0.39, 0.29) is 0 Å². The van der Waals surface area contributed by atoms with Crippen LogP contribution in [0.5, 0.6) is 0 Å². The molecule has 0 radical (unpaired) electrons. The molecular weight excluding hydrogens is 87.1 g/mol. The predicted octanol–water partition coefficient (Wildman–Crippen LogP) is 1.33. The molecule has 0 bridgehead atoms. The van der Waals surface area contributed by atoms with Crippen molar-refractivity contribution in [2.24, 2.45) is 0 Å². The normalized spacial score (nSPS) is 9.17. The van der Waals surface area contributed by atoms with Gasteiger partial charge in [-0.3, -0.25) is 0 Å². The van der Waals surface area contributed by atoms with Gasteiger partial charge in [-0.2, -0.15) is 0 Å². The summed E-state index contributed by atoms with van der Waals surface area (Å²) in [5, 5.41) is 1.33. The van der Waals surface area contributed by atoms with Gasteiger partial charge in [0.25, 0.3) is 0 Å². The first-order valence-corrected chi connectivity index (χ1v) is 3.80. The summed E-state index contributed by atoms with van der Waals surface area (Å²) < 4.78 is 0. The van der Waals surface area contributed by atoms with Crippen molar-refractivity contribution in [3.8, 4) is 0 Å². The van der Waals surface area contributed by atoms with Gasteiger partial charge in [-0.25, -0.2) is 0 Å². The summed E-state index contributed by atoms with van der Waals surface area (Å²) in [5.41, 5.74) is 0. The van der Waals surface area contributed by atoms with Crippen LogP contribution in [0.15, 0.2) is 0 Å². The molecule has 0 aliphatic heterocycles. The topological polar surface area (TPSA) is 0 Å². The van der Waals surface area contributed by atoms with E-state index in [0.717, 1.165) is 0 Å². The van der Waals surface area contributed by atoms with Crippen molar-refractivity contribution in [2.75, 3.05) is 12.0 Å². The van der Waals surface area contributed by atoms with E-state index in [4.69, 9.17) is 0 Å². The van der Waals surface area contributed by atoms with Gasteiger partial charge in [0.05, 0.1) is 0 Å². The van der Waals surface area contributed by atoms with Gasteiger partial charge < -0.3 is 0 Å². The molecule has 2 heteroatoms. The van der Waals surface area contributed by atoms with Gasteiger partial charge in [-0.15, -0.1) is 0 Å². The van der Waals surface area contributed by atoms with E-state index in [1.54, 1.807) is 0 Å². The minimum atomic E-state index is 1.33. The summed E-state index contributed by atoms with van der Waals surface area (Å²) in [6.07, 6.45) is 3.52. The third kappa shape index (κ3) is 4.95. The minimum absolute atomic E-state index is 1.33. The molecule has 0 aromatic heterocycles. The SMILES string of the molecule is [Li][CH2]CCSC. The average molecular weight is 96.1 g/mol. The Bertz CT molecular complexity index is 19.5. The summed E-state index contributed by atoms with van der Waals surface area (Å²) in [6, 6.07) is 0. The molecule has 0 atom stereocenters. The Hall–Kier alpha value is 0.947. The van der Waals surface area contributed by atoms with Crippen LogP contribution in [-0.2, 0) is 0 Å². The van der Waals surface area contributed by atoms with E-state index in [0.29, 0.717) is 0 Å². The van der Waals surface area contributed by atoms with E-state index in [2.05, 4.69) is 24.0 Å². The molecule has 0 amide bonds. The number of thioether (sulfide) groups is 1. The molecule has 0 heterocycles. The first-order chi connectivity index (χ1) is 2.91. The van der Waals surface area contributed by atoms with Crippen LogP contribution in [0.4, 0.5) is 0 Å². The van der Waals surface area contributed by atoms with E-state index in [1.165, 1.54) is 17.3 Å². The molecular formula is C4H9LiS. The molecule has 0 aliphatic rings. The van der Waals surface area contributed by atoms with Crippen LogP contribution in [0.2, 0.25) is 5.09 Å². The maximum absolute atomic E-state index is 2.22. The van der Waals surface area contributed by atoms with Crippen molar-refractivity contribution in [1.29, 1.82) is 0 Å². The summed E-state index contributed by atoms with van der Waals surface area (Å²) >= 11 is 4.14. The fraction of sp³-hybridized carbons (Fsp3) is 1.00. The molecule has 0 N–H and O–H groups in total. The quantitative estimate of drug-likeness (QED) is 0.377. The Kier molecular flexibility index (Phi) is 6.89. The number of hydrogen-bond donors (Lipinski definition) is 0. The maximum atomic E-state index is 2.22. The van der Waals surface area contributed by atoms with E-state index >= 15 is 0 Å². The van der Waals surface area contributed by atoms with Crippen LogP contribution >= 0.6 is 11.8 Å². The Morgan fingerprint density at radius 2 is 2.33 bits per heavy atom. The Balaban J connectivity index is 2.34. The molecule has 0 aliphatic carbocycles. The van der Waals surface area contributed by atoms with Crippen LogP contribution < -0.4 is 0 Å². The Labute approximate surface area is 53.3 Å². The summed E-state index contributed by atoms with van der Waals surface area (Å²) in [6.45, 7) is 0. The van der Waals surface area contributed by atoms with Crippen LogP contribution in [-0.4, -0.2) is 29.7 Å². The molecule has 0 saturated carbocycles. The molecule has 0 spiro atoms. The fourth-order valence-corrected chi connectivity index (χ4v) is 0.866. The Morgan fingerprint density at radius 1 is 1.67 bits per heavy atom. The zero-order chi connectivity index (χ0) is 4.83. The summed E-state index contributed by atoms with van der Waals surface area (Å²) in [7, 11) is 0. The van der Waals surface area contributed by atoms with Gasteiger partial charge >= 0.3 is 53.0 Å². The number of hydrogen-bond acceptors (Lipinski definition) is 1. The molecule has 6 heavy (non-hydrogen) atoms. The second-order valence-electron chi connectivity index (χ2n) is 1.35. The number of rotatable bonds is 3. The van der Waals surface area contributed by atoms with Crippen molar-refractivity contribution < 1.29 is 0 Å². The Morgan fingerprint density at radius 3 is 2.50 bits per heavy atom.